The number of nitrogens with zero attached hydrogens (tertiary/aromatic N) is 3. The van der Waals surface area contributed by atoms with E-state index >= 15 is 0 Å². The summed E-state index contributed by atoms with van der Waals surface area (Å²) in [6.45, 7) is 0.265. The summed E-state index contributed by atoms with van der Waals surface area (Å²) in [5.41, 5.74) is -0.229. The van der Waals surface area contributed by atoms with Crippen LogP contribution in [0.1, 0.15) is 5.56 Å². The second-order valence-electron chi connectivity index (χ2n) is 5.96. The molecule has 11 heteroatoms. The molecule has 152 valence electrons. The van der Waals surface area contributed by atoms with Crippen molar-refractivity contribution in [1.29, 1.82) is 0 Å². The molecular weight excluding hydrogens is 402 g/mol. The average molecular weight is 420 g/mol. The molecule has 2 aromatic heterocycles. The molecule has 0 saturated carbocycles. The van der Waals surface area contributed by atoms with Crippen LogP contribution in [0.2, 0.25) is 0 Å². The number of hydrogen-bond donors (Lipinski definition) is 3. The van der Waals surface area contributed by atoms with Crippen LogP contribution in [0.3, 0.4) is 0 Å². The molecule has 0 bridgehead atoms. The van der Waals surface area contributed by atoms with Crippen LogP contribution in [-0.4, -0.2) is 36.7 Å². The second-order valence-corrected chi connectivity index (χ2v) is 7.77. The summed E-state index contributed by atoms with van der Waals surface area (Å²) in [4.78, 5) is 4.12. The Kier molecular flexibility index (Phi) is 6.62. The van der Waals surface area contributed by atoms with E-state index in [1.807, 2.05) is 6.07 Å². The van der Waals surface area contributed by atoms with Gasteiger partial charge in [0, 0.05) is 24.8 Å². The SMILES string of the molecule is O=S(=O)(Cc1cc(F)ccc1F)NCCNc1ccc(Nc2ccccn2)nn1. The van der Waals surface area contributed by atoms with Crippen molar-refractivity contribution >= 4 is 27.5 Å². The van der Waals surface area contributed by atoms with Crippen LogP contribution in [0.15, 0.2) is 54.7 Å². The minimum absolute atomic E-state index is 0.0366. The molecule has 3 aromatic rings. The molecule has 0 unspecified atom stereocenters. The highest BCUT2D eigenvalue weighted by Gasteiger charge is 2.15. The van der Waals surface area contributed by atoms with E-state index in [1.54, 1.807) is 30.5 Å². The summed E-state index contributed by atoms with van der Waals surface area (Å²) in [7, 11) is -3.82. The van der Waals surface area contributed by atoms with Crippen LogP contribution >= 0.6 is 0 Å². The first-order valence-corrected chi connectivity index (χ1v) is 10.2. The van der Waals surface area contributed by atoms with Crippen LogP contribution in [0.25, 0.3) is 0 Å². The predicted octanol–water partition coefficient (Wildman–Crippen LogP) is 2.42. The summed E-state index contributed by atoms with van der Waals surface area (Å²) in [5, 5.41) is 13.9. The molecule has 0 radical (unpaired) electrons. The highest BCUT2D eigenvalue weighted by Crippen LogP contribution is 2.13. The normalized spacial score (nSPS) is 11.2. The fourth-order valence-corrected chi connectivity index (χ4v) is 3.51. The second kappa shape index (κ2) is 9.34. The third-order valence-electron chi connectivity index (χ3n) is 3.69. The number of aromatic nitrogens is 3. The molecule has 3 N–H and O–H groups in total. The molecule has 0 aliphatic rings. The Morgan fingerprint density at radius 1 is 0.897 bits per heavy atom. The van der Waals surface area contributed by atoms with Gasteiger partial charge in [-0.05, 0) is 42.5 Å². The Labute approximate surface area is 166 Å². The van der Waals surface area contributed by atoms with Gasteiger partial charge < -0.3 is 10.6 Å². The van der Waals surface area contributed by atoms with Crippen molar-refractivity contribution in [1.82, 2.24) is 19.9 Å². The van der Waals surface area contributed by atoms with Gasteiger partial charge in [-0.2, -0.15) is 0 Å². The maximum Gasteiger partial charge on any atom is 0.215 e. The van der Waals surface area contributed by atoms with E-state index in [1.165, 1.54) is 0 Å². The van der Waals surface area contributed by atoms with Gasteiger partial charge in [0.05, 0.1) is 5.75 Å². The van der Waals surface area contributed by atoms with E-state index in [0.717, 1.165) is 18.2 Å². The lowest BCUT2D eigenvalue weighted by atomic mass is 10.2. The molecule has 0 aliphatic carbocycles. The summed E-state index contributed by atoms with van der Waals surface area (Å²) in [6, 6.07) is 11.5. The van der Waals surface area contributed by atoms with Gasteiger partial charge in [-0.15, -0.1) is 10.2 Å². The van der Waals surface area contributed by atoms with E-state index < -0.39 is 27.4 Å². The average Bonchev–Trinajstić information content (AvgIpc) is 2.70. The summed E-state index contributed by atoms with van der Waals surface area (Å²) in [5.74, 6) is -0.530. The van der Waals surface area contributed by atoms with E-state index in [-0.39, 0.29) is 18.7 Å². The van der Waals surface area contributed by atoms with Gasteiger partial charge in [0.15, 0.2) is 5.82 Å². The highest BCUT2D eigenvalue weighted by atomic mass is 32.2. The Bertz CT molecular complexity index is 1050. The van der Waals surface area contributed by atoms with Gasteiger partial charge in [0.25, 0.3) is 0 Å². The van der Waals surface area contributed by atoms with Gasteiger partial charge in [-0.3, -0.25) is 0 Å². The molecule has 0 fully saturated rings. The van der Waals surface area contributed by atoms with E-state index in [2.05, 4.69) is 30.5 Å². The van der Waals surface area contributed by atoms with Crippen LogP contribution < -0.4 is 15.4 Å². The topological polar surface area (TPSA) is 109 Å². The fraction of sp³-hybridized carbons (Fsp3) is 0.167. The molecule has 29 heavy (non-hydrogen) atoms. The van der Waals surface area contributed by atoms with Gasteiger partial charge in [0.1, 0.15) is 23.3 Å². The highest BCUT2D eigenvalue weighted by molar-refractivity contribution is 7.88. The van der Waals surface area contributed by atoms with Gasteiger partial charge in [-0.25, -0.2) is 26.9 Å². The molecule has 0 aliphatic heterocycles. The Balaban J connectivity index is 1.45. The van der Waals surface area contributed by atoms with Crippen molar-refractivity contribution in [3.05, 3.63) is 71.9 Å². The molecular formula is C18H18F2N6O2S. The maximum atomic E-state index is 13.6. The van der Waals surface area contributed by atoms with Crippen LogP contribution in [0, 0.1) is 11.6 Å². The summed E-state index contributed by atoms with van der Waals surface area (Å²) in [6.07, 6.45) is 1.65. The first-order chi connectivity index (χ1) is 13.9. The fourth-order valence-electron chi connectivity index (χ4n) is 2.37. The number of anilines is 3. The van der Waals surface area contributed by atoms with Crippen LogP contribution in [0.4, 0.5) is 26.2 Å². The molecule has 2 heterocycles. The van der Waals surface area contributed by atoms with Crippen molar-refractivity contribution in [2.75, 3.05) is 23.7 Å². The molecule has 1 aromatic carbocycles. The standard InChI is InChI=1S/C18H18F2N6O2S/c19-14-4-5-15(20)13(11-14)12-29(27,28)23-10-9-22-17-6-7-18(26-25-17)24-16-3-1-2-8-21-16/h1-8,11,23H,9-10,12H2,(H,22,25)(H,21,24,26). The molecule has 0 atom stereocenters. The zero-order valence-corrected chi connectivity index (χ0v) is 16.0. The zero-order chi connectivity index (χ0) is 20.7. The number of sulfonamides is 1. The lowest BCUT2D eigenvalue weighted by Gasteiger charge is -2.09. The molecule has 8 nitrogen and oxygen atoms in total. The molecule has 0 spiro atoms. The summed E-state index contributed by atoms with van der Waals surface area (Å²) < 4.78 is 53.1. The Morgan fingerprint density at radius 2 is 1.69 bits per heavy atom. The van der Waals surface area contributed by atoms with Crippen molar-refractivity contribution in [2.45, 2.75) is 5.75 Å². The minimum atomic E-state index is -3.82. The van der Waals surface area contributed by atoms with Gasteiger partial charge >= 0.3 is 0 Å². The number of rotatable bonds is 9. The quantitative estimate of drug-likeness (QED) is 0.456. The number of pyridine rings is 1. The predicted molar refractivity (Wildman–Crippen MR) is 105 cm³/mol. The number of halogens is 2. The van der Waals surface area contributed by atoms with Crippen molar-refractivity contribution in [3.8, 4) is 0 Å². The van der Waals surface area contributed by atoms with E-state index in [9.17, 15) is 17.2 Å². The molecule has 0 amide bonds. The number of benzene rings is 1. The van der Waals surface area contributed by atoms with Crippen LogP contribution in [0.5, 0.6) is 0 Å². The Hall–Kier alpha value is -3.18. The third kappa shape index (κ3) is 6.43. The number of nitrogens with one attached hydrogen (secondary N) is 3. The first kappa shape index (κ1) is 20.6. The lowest BCUT2D eigenvalue weighted by molar-refractivity contribution is 0.571. The van der Waals surface area contributed by atoms with E-state index in [0.29, 0.717) is 17.5 Å². The number of hydrogen-bond acceptors (Lipinski definition) is 7. The third-order valence-corrected chi connectivity index (χ3v) is 5.03. The zero-order valence-electron chi connectivity index (χ0n) is 15.1. The van der Waals surface area contributed by atoms with Crippen molar-refractivity contribution < 1.29 is 17.2 Å². The smallest absolute Gasteiger partial charge is 0.215 e. The molecule has 3 rings (SSSR count). The van der Waals surface area contributed by atoms with Crippen molar-refractivity contribution in [3.63, 3.8) is 0 Å². The monoisotopic (exact) mass is 420 g/mol. The molecule has 0 saturated heterocycles. The van der Waals surface area contributed by atoms with E-state index in [4.69, 9.17) is 0 Å². The van der Waals surface area contributed by atoms with Gasteiger partial charge in [0.2, 0.25) is 10.0 Å². The maximum absolute atomic E-state index is 13.6. The Morgan fingerprint density at radius 3 is 2.41 bits per heavy atom. The summed E-state index contributed by atoms with van der Waals surface area (Å²) >= 11 is 0. The van der Waals surface area contributed by atoms with Gasteiger partial charge in [-0.1, -0.05) is 6.07 Å². The van der Waals surface area contributed by atoms with Crippen LogP contribution in [-0.2, 0) is 15.8 Å². The minimum Gasteiger partial charge on any atom is -0.367 e. The van der Waals surface area contributed by atoms with Crippen molar-refractivity contribution in [2.24, 2.45) is 0 Å². The lowest BCUT2D eigenvalue weighted by Crippen LogP contribution is -2.30. The largest absolute Gasteiger partial charge is 0.367 e. The first-order valence-electron chi connectivity index (χ1n) is 8.58.